The van der Waals surface area contributed by atoms with Gasteiger partial charge in [0.25, 0.3) is 0 Å². The third kappa shape index (κ3) is 2.11. The summed E-state index contributed by atoms with van der Waals surface area (Å²) >= 11 is 0. The van der Waals surface area contributed by atoms with E-state index in [0.29, 0.717) is 0 Å². The van der Waals surface area contributed by atoms with Gasteiger partial charge in [-0.05, 0) is 37.8 Å². The molecule has 0 heterocycles. The van der Waals surface area contributed by atoms with Crippen molar-refractivity contribution in [2.24, 2.45) is 5.73 Å². The van der Waals surface area contributed by atoms with Gasteiger partial charge in [-0.2, -0.15) is 0 Å². The maximum Gasteiger partial charge on any atom is 0.156 e. The lowest BCUT2D eigenvalue weighted by atomic mass is 9.98. The van der Waals surface area contributed by atoms with Gasteiger partial charge in [-0.3, -0.25) is 0 Å². The second-order valence-electron chi connectivity index (χ2n) is 5.52. The summed E-state index contributed by atoms with van der Waals surface area (Å²) in [5.41, 5.74) is 7.85. The van der Waals surface area contributed by atoms with Crippen LogP contribution in [0.2, 0.25) is 0 Å². The maximum absolute atomic E-state index is 11.7. The number of hydrogen-bond donors (Lipinski definition) is 1. The Morgan fingerprint density at radius 3 is 2.00 bits per heavy atom. The van der Waals surface area contributed by atoms with Gasteiger partial charge in [0, 0.05) is 11.8 Å². The molecule has 0 bridgehead atoms. The molecule has 1 saturated carbocycles. The highest BCUT2D eigenvalue weighted by molar-refractivity contribution is 7.91. The van der Waals surface area contributed by atoms with Crippen LogP contribution in [-0.2, 0) is 20.1 Å². The molecule has 0 radical (unpaired) electrons. The van der Waals surface area contributed by atoms with Crippen LogP contribution < -0.4 is 5.73 Å². The Kier molecular flexibility index (Phi) is 2.64. The van der Waals surface area contributed by atoms with Crippen LogP contribution in [0, 0.1) is 0 Å². The lowest BCUT2D eigenvalue weighted by Crippen LogP contribution is -2.28. The van der Waals surface area contributed by atoms with Gasteiger partial charge in [0.05, 0.1) is 4.75 Å². The first-order chi connectivity index (χ1) is 7.67. The fraction of sp³-hybridized carbons (Fsp3) is 0.538. The van der Waals surface area contributed by atoms with E-state index in [1.165, 1.54) is 6.26 Å². The molecule has 1 fully saturated rings. The molecule has 4 heteroatoms. The Morgan fingerprint density at radius 1 is 1.18 bits per heavy atom. The smallest absolute Gasteiger partial charge is 0.156 e. The molecule has 0 atom stereocenters. The molecule has 1 aromatic rings. The van der Waals surface area contributed by atoms with Crippen molar-refractivity contribution >= 4 is 9.84 Å². The minimum atomic E-state index is -3.12. The average molecular weight is 253 g/mol. The molecular formula is C13H19NO2S. The zero-order valence-electron chi connectivity index (χ0n) is 10.5. The van der Waals surface area contributed by atoms with Crippen LogP contribution >= 0.6 is 0 Å². The van der Waals surface area contributed by atoms with E-state index in [0.717, 1.165) is 24.0 Å². The van der Waals surface area contributed by atoms with Crippen molar-refractivity contribution in [2.45, 2.75) is 37.0 Å². The largest absolute Gasteiger partial charge is 0.321 e. The molecule has 0 aliphatic heterocycles. The zero-order valence-corrected chi connectivity index (χ0v) is 11.3. The quantitative estimate of drug-likeness (QED) is 0.895. The van der Waals surface area contributed by atoms with Gasteiger partial charge >= 0.3 is 0 Å². The van der Waals surface area contributed by atoms with Crippen LogP contribution in [0.15, 0.2) is 24.3 Å². The van der Waals surface area contributed by atoms with Crippen molar-refractivity contribution < 1.29 is 8.42 Å². The van der Waals surface area contributed by atoms with E-state index in [1.54, 1.807) is 13.8 Å². The molecule has 2 N–H and O–H groups in total. The van der Waals surface area contributed by atoms with Crippen LogP contribution in [-0.4, -0.2) is 14.7 Å². The predicted octanol–water partition coefficient (Wildman–Crippen LogP) is 1.91. The molecule has 0 amide bonds. The minimum Gasteiger partial charge on any atom is -0.321 e. The first-order valence-corrected chi connectivity index (χ1v) is 7.65. The Balaban J connectivity index is 2.36. The Bertz CT molecular complexity index is 525. The fourth-order valence-corrected chi connectivity index (χ4v) is 2.41. The van der Waals surface area contributed by atoms with Crippen molar-refractivity contribution in [2.75, 3.05) is 6.26 Å². The molecule has 2 rings (SSSR count). The second-order valence-corrected chi connectivity index (χ2v) is 8.08. The van der Waals surface area contributed by atoms with E-state index in [2.05, 4.69) is 0 Å². The van der Waals surface area contributed by atoms with Gasteiger partial charge in [0.15, 0.2) is 9.84 Å². The van der Waals surface area contributed by atoms with Crippen molar-refractivity contribution in [1.29, 1.82) is 0 Å². The lowest BCUT2D eigenvalue weighted by Gasteiger charge is -2.23. The summed E-state index contributed by atoms with van der Waals surface area (Å²) in [5.74, 6) is 0. The zero-order chi connectivity index (χ0) is 12.9. The highest BCUT2D eigenvalue weighted by Gasteiger charge is 2.40. The van der Waals surface area contributed by atoms with Gasteiger partial charge < -0.3 is 5.73 Å². The molecule has 1 aliphatic carbocycles. The lowest BCUT2D eigenvalue weighted by molar-refractivity contribution is 0.561. The van der Waals surface area contributed by atoms with Crippen molar-refractivity contribution in [3.8, 4) is 0 Å². The molecule has 1 aliphatic rings. The van der Waals surface area contributed by atoms with Crippen LogP contribution in [0.5, 0.6) is 0 Å². The van der Waals surface area contributed by atoms with Crippen LogP contribution in [0.4, 0.5) is 0 Å². The standard InChI is InChI=1S/C13H19NO2S/c1-12(2,17(3,15)16)10-4-6-11(7-5-10)13(14)8-9-13/h4-7H,8-9,14H2,1-3H3. The fourth-order valence-electron chi connectivity index (χ4n) is 1.84. The Morgan fingerprint density at radius 2 is 1.65 bits per heavy atom. The normalized spacial score (nSPS) is 19.1. The number of benzene rings is 1. The molecule has 0 spiro atoms. The van der Waals surface area contributed by atoms with Gasteiger partial charge in [0.1, 0.15) is 0 Å². The highest BCUT2D eigenvalue weighted by atomic mass is 32.2. The van der Waals surface area contributed by atoms with E-state index in [9.17, 15) is 8.42 Å². The first kappa shape index (κ1) is 12.6. The average Bonchev–Trinajstić information content (AvgIpc) is 2.96. The number of nitrogens with two attached hydrogens (primary N) is 1. The maximum atomic E-state index is 11.7. The number of hydrogen-bond acceptors (Lipinski definition) is 3. The van der Waals surface area contributed by atoms with Crippen molar-refractivity contribution in [3.05, 3.63) is 35.4 Å². The molecule has 17 heavy (non-hydrogen) atoms. The molecule has 0 unspecified atom stereocenters. The first-order valence-electron chi connectivity index (χ1n) is 5.76. The molecule has 1 aromatic carbocycles. The summed E-state index contributed by atoms with van der Waals surface area (Å²) < 4.78 is 22.6. The van der Waals surface area contributed by atoms with E-state index >= 15 is 0 Å². The number of sulfone groups is 1. The van der Waals surface area contributed by atoms with Crippen LogP contribution in [0.3, 0.4) is 0 Å². The molecular weight excluding hydrogens is 234 g/mol. The van der Waals surface area contributed by atoms with Gasteiger partial charge in [0.2, 0.25) is 0 Å². The highest BCUT2D eigenvalue weighted by Crippen LogP contribution is 2.43. The van der Waals surface area contributed by atoms with Crippen molar-refractivity contribution in [1.82, 2.24) is 0 Å². The topological polar surface area (TPSA) is 60.2 Å². The van der Waals surface area contributed by atoms with Gasteiger partial charge in [-0.25, -0.2) is 8.42 Å². The van der Waals surface area contributed by atoms with E-state index in [-0.39, 0.29) is 5.54 Å². The van der Waals surface area contributed by atoms with E-state index < -0.39 is 14.6 Å². The molecule has 3 nitrogen and oxygen atoms in total. The van der Waals surface area contributed by atoms with E-state index in [1.807, 2.05) is 24.3 Å². The summed E-state index contributed by atoms with van der Waals surface area (Å²) in [4.78, 5) is 0. The Hall–Kier alpha value is -0.870. The summed E-state index contributed by atoms with van der Waals surface area (Å²) in [6.07, 6.45) is 3.30. The second kappa shape index (κ2) is 3.56. The van der Waals surface area contributed by atoms with Gasteiger partial charge in [-0.1, -0.05) is 24.3 Å². The Labute approximate surface area is 103 Å². The molecule has 94 valence electrons. The summed E-state index contributed by atoms with van der Waals surface area (Å²) in [6, 6.07) is 7.66. The van der Waals surface area contributed by atoms with Crippen LogP contribution in [0.25, 0.3) is 0 Å². The van der Waals surface area contributed by atoms with Gasteiger partial charge in [-0.15, -0.1) is 0 Å². The van der Waals surface area contributed by atoms with Crippen molar-refractivity contribution in [3.63, 3.8) is 0 Å². The molecule has 0 saturated heterocycles. The van der Waals surface area contributed by atoms with Crippen LogP contribution in [0.1, 0.15) is 37.8 Å². The SMILES string of the molecule is CC(C)(c1ccc(C2(N)CC2)cc1)S(C)(=O)=O. The summed E-state index contributed by atoms with van der Waals surface area (Å²) in [7, 11) is -3.12. The minimum absolute atomic E-state index is 0.159. The summed E-state index contributed by atoms with van der Waals surface area (Å²) in [5, 5.41) is 0. The van der Waals surface area contributed by atoms with E-state index in [4.69, 9.17) is 5.73 Å². The molecule has 0 aromatic heterocycles. The third-order valence-electron chi connectivity index (χ3n) is 3.87. The third-order valence-corrected chi connectivity index (χ3v) is 5.96. The summed E-state index contributed by atoms with van der Waals surface area (Å²) in [6.45, 7) is 3.46. The monoisotopic (exact) mass is 253 g/mol. The predicted molar refractivity (Wildman–Crippen MR) is 69.4 cm³/mol. The number of rotatable bonds is 3.